The van der Waals surface area contributed by atoms with Crippen LogP contribution in [-0.4, -0.2) is 39.7 Å². The van der Waals surface area contributed by atoms with Gasteiger partial charge in [0.1, 0.15) is 0 Å². The molecule has 0 bridgehead atoms. The van der Waals surface area contributed by atoms with Crippen molar-refractivity contribution in [2.24, 2.45) is 0 Å². The van der Waals surface area contributed by atoms with E-state index < -0.39 is 20.5 Å². The first kappa shape index (κ1) is 20.8. The Hall–Kier alpha value is -1.25. The van der Waals surface area contributed by atoms with Crippen molar-refractivity contribution in [2.75, 3.05) is 13.6 Å². The second-order valence-electron chi connectivity index (χ2n) is 4.62. The van der Waals surface area contributed by atoms with Crippen LogP contribution in [0.25, 0.3) is 0 Å². The number of likely N-dealkylation sites (N-methyl/N-ethyl adjacent to an activating group) is 1. The van der Waals surface area contributed by atoms with Crippen LogP contribution in [0.1, 0.15) is 12.5 Å². The average molecular weight is 357 g/mol. The maximum atomic E-state index is 12.4. The largest absolute Gasteiger partial charge is 0.354 e. The van der Waals surface area contributed by atoms with E-state index in [9.17, 15) is 22.0 Å². The Labute approximate surface area is 134 Å². The molecule has 0 spiro atoms. The Morgan fingerprint density at radius 1 is 1.23 bits per heavy atom. The van der Waals surface area contributed by atoms with Gasteiger partial charge < -0.3 is 10.6 Å². The quantitative estimate of drug-likeness (QED) is 0.773. The lowest BCUT2D eigenvalue weighted by molar-refractivity contribution is -0.120. The van der Waals surface area contributed by atoms with Gasteiger partial charge in [-0.15, -0.1) is 12.4 Å². The van der Waals surface area contributed by atoms with E-state index in [1.807, 2.05) is 6.92 Å². The molecule has 126 valence electrons. The van der Waals surface area contributed by atoms with E-state index in [-0.39, 0.29) is 30.8 Å². The number of rotatable bonds is 7. The number of carbonyl (C=O) groups excluding carboxylic acids is 1. The molecule has 1 atom stereocenters. The Balaban J connectivity index is 0.00000441. The maximum Gasteiger partial charge on any atom is 0.341 e. The zero-order chi connectivity index (χ0) is 16.0. The predicted octanol–water partition coefficient (Wildman–Crippen LogP) is 1.37. The van der Waals surface area contributed by atoms with Crippen molar-refractivity contribution >= 4 is 28.2 Å². The molecule has 0 fully saturated rings. The fraction of sp³-hybridized carbons (Fsp3) is 0.462. The van der Waals surface area contributed by atoms with Gasteiger partial charge in [-0.2, -0.15) is 8.78 Å². The van der Waals surface area contributed by atoms with Crippen LogP contribution < -0.4 is 10.6 Å². The van der Waals surface area contributed by atoms with Gasteiger partial charge in [-0.05, 0) is 31.7 Å². The molecule has 0 aromatic heterocycles. The van der Waals surface area contributed by atoms with Gasteiger partial charge in [0.05, 0.1) is 11.3 Å². The number of alkyl halides is 2. The fourth-order valence-electron chi connectivity index (χ4n) is 1.52. The van der Waals surface area contributed by atoms with Crippen LogP contribution >= 0.6 is 12.4 Å². The van der Waals surface area contributed by atoms with Crippen molar-refractivity contribution in [2.45, 2.75) is 30.0 Å². The Kier molecular flexibility index (Phi) is 8.50. The molecule has 1 amide bonds. The number of nitrogens with one attached hydrogen (secondary N) is 2. The zero-order valence-corrected chi connectivity index (χ0v) is 13.8. The summed E-state index contributed by atoms with van der Waals surface area (Å²) in [6, 6.07) is 5.01. The number of halogens is 3. The lowest BCUT2D eigenvalue weighted by Crippen LogP contribution is -2.37. The van der Waals surface area contributed by atoms with Crippen molar-refractivity contribution in [3.8, 4) is 0 Å². The van der Waals surface area contributed by atoms with Crippen molar-refractivity contribution < 1.29 is 22.0 Å². The molecule has 0 saturated carbocycles. The normalized spacial score (nSPS) is 12.6. The number of amides is 1. The highest BCUT2D eigenvalue weighted by Crippen LogP contribution is 2.18. The van der Waals surface area contributed by atoms with Crippen LogP contribution in [0.2, 0.25) is 0 Å². The molecule has 0 aliphatic carbocycles. The van der Waals surface area contributed by atoms with Gasteiger partial charge in [0, 0.05) is 12.6 Å². The van der Waals surface area contributed by atoms with E-state index in [4.69, 9.17) is 0 Å². The lowest BCUT2D eigenvalue weighted by Gasteiger charge is -2.11. The average Bonchev–Trinajstić information content (AvgIpc) is 2.45. The standard InChI is InChI=1S/C13H18F2N2O3S.ClH/c1-9(16-2)8-17-12(18)7-10-3-5-11(6-4-10)21(19,20)13(14)15;/h3-6,9,13,16H,7-8H2,1-2H3,(H,17,18);1H. The van der Waals surface area contributed by atoms with Crippen molar-refractivity contribution in [1.29, 1.82) is 0 Å². The van der Waals surface area contributed by atoms with E-state index in [0.29, 0.717) is 12.1 Å². The molecule has 0 aliphatic rings. The second-order valence-corrected chi connectivity index (χ2v) is 6.54. The van der Waals surface area contributed by atoms with Crippen LogP contribution in [0.5, 0.6) is 0 Å². The molecule has 0 saturated heterocycles. The zero-order valence-electron chi connectivity index (χ0n) is 12.2. The van der Waals surface area contributed by atoms with Crippen LogP contribution in [0, 0.1) is 0 Å². The van der Waals surface area contributed by atoms with E-state index in [2.05, 4.69) is 10.6 Å². The highest BCUT2D eigenvalue weighted by molar-refractivity contribution is 7.91. The first-order chi connectivity index (χ1) is 9.77. The van der Waals surface area contributed by atoms with Crippen molar-refractivity contribution in [3.63, 3.8) is 0 Å². The summed E-state index contributed by atoms with van der Waals surface area (Å²) >= 11 is 0. The lowest BCUT2D eigenvalue weighted by atomic mass is 10.1. The van der Waals surface area contributed by atoms with Gasteiger partial charge in [-0.25, -0.2) is 8.42 Å². The summed E-state index contributed by atoms with van der Waals surface area (Å²) in [7, 11) is -2.81. The molecule has 5 nitrogen and oxygen atoms in total. The van der Waals surface area contributed by atoms with Gasteiger partial charge in [0.15, 0.2) is 0 Å². The minimum Gasteiger partial charge on any atom is -0.354 e. The summed E-state index contributed by atoms with van der Waals surface area (Å²) in [5.74, 6) is -3.67. The Bertz CT molecular complexity index is 579. The first-order valence-electron chi connectivity index (χ1n) is 6.32. The number of hydrogen-bond acceptors (Lipinski definition) is 4. The SMILES string of the molecule is CNC(C)CNC(=O)Cc1ccc(S(=O)(=O)C(F)F)cc1.Cl. The Morgan fingerprint density at radius 2 is 1.77 bits per heavy atom. The van der Waals surface area contributed by atoms with Crippen LogP contribution in [0.3, 0.4) is 0 Å². The molecule has 0 heterocycles. The fourth-order valence-corrected chi connectivity index (χ4v) is 2.24. The third kappa shape index (κ3) is 5.86. The summed E-state index contributed by atoms with van der Waals surface area (Å²) in [5.41, 5.74) is 0.554. The Morgan fingerprint density at radius 3 is 2.23 bits per heavy atom. The molecule has 9 heteroatoms. The molecule has 1 aromatic rings. The molecule has 1 aromatic carbocycles. The number of benzene rings is 1. The molecule has 22 heavy (non-hydrogen) atoms. The van der Waals surface area contributed by atoms with Crippen molar-refractivity contribution in [3.05, 3.63) is 29.8 Å². The summed E-state index contributed by atoms with van der Waals surface area (Å²) in [6.07, 6.45) is 0.0610. The summed E-state index contributed by atoms with van der Waals surface area (Å²) in [4.78, 5) is 11.2. The van der Waals surface area contributed by atoms with Crippen LogP contribution in [-0.2, 0) is 21.1 Å². The molecule has 2 N–H and O–H groups in total. The summed E-state index contributed by atoms with van der Waals surface area (Å²) < 4.78 is 47.2. The number of hydrogen-bond donors (Lipinski definition) is 2. The minimum absolute atomic E-state index is 0. The topological polar surface area (TPSA) is 75.3 Å². The number of sulfone groups is 1. The van der Waals surface area contributed by atoms with Crippen LogP contribution in [0.15, 0.2) is 29.2 Å². The van der Waals surface area contributed by atoms with Gasteiger partial charge in [-0.1, -0.05) is 12.1 Å². The molecule has 1 rings (SSSR count). The van der Waals surface area contributed by atoms with Crippen LogP contribution in [0.4, 0.5) is 8.78 Å². The van der Waals surface area contributed by atoms with Gasteiger partial charge >= 0.3 is 5.76 Å². The first-order valence-corrected chi connectivity index (χ1v) is 7.87. The van der Waals surface area contributed by atoms with E-state index in [0.717, 1.165) is 12.1 Å². The third-order valence-corrected chi connectivity index (χ3v) is 4.35. The second kappa shape index (κ2) is 9.02. The van der Waals surface area contributed by atoms with Gasteiger partial charge in [-0.3, -0.25) is 4.79 Å². The summed E-state index contributed by atoms with van der Waals surface area (Å²) in [5, 5.41) is 5.67. The molecule has 0 aliphatic heterocycles. The monoisotopic (exact) mass is 356 g/mol. The van der Waals surface area contributed by atoms with Gasteiger partial charge in [0.25, 0.3) is 0 Å². The van der Waals surface area contributed by atoms with E-state index in [1.54, 1.807) is 7.05 Å². The molecular formula is C13H19ClF2N2O3S. The van der Waals surface area contributed by atoms with Crippen molar-refractivity contribution in [1.82, 2.24) is 10.6 Å². The smallest absolute Gasteiger partial charge is 0.341 e. The number of carbonyl (C=O) groups is 1. The summed E-state index contributed by atoms with van der Waals surface area (Å²) in [6.45, 7) is 2.37. The molecular weight excluding hydrogens is 338 g/mol. The van der Waals surface area contributed by atoms with E-state index >= 15 is 0 Å². The maximum absolute atomic E-state index is 12.4. The minimum atomic E-state index is -4.59. The predicted molar refractivity (Wildman–Crippen MR) is 82.1 cm³/mol. The third-order valence-electron chi connectivity index (χ3n) is 2.95. The highest BCUT2D eigenvalue weighted by atomic mass is 35.5. The molecule has 1 unspecified atom stereocenters. The van der Waals surface area contributed by atoms with E-state index in [1.165, 1.54) is 12.1 Å². The van der Waals surface area contributed by atoms with Gasteiger partial charge in [0.2, 0.25) is 15.7 Å². The molecule has 0 radical (unpaired) electrons. The highest BCUT2D eigenvalue weighted by Gasteiger charge is 2.26.